The van der Waals surface area contributed by atoms with Gasteiger partial charge in [-0.2, -0.15) is 0 Å². The lowest BCUT2D eigenvalue weighted by molar-refractivity contribution is -0.00107. The van der Waals surface area contributed by atoms with E-state index in [0.717, 1.165) is 22.6 Å². The third-order valence-electron chi connectivity index (χ3n) is 4.12. The van der Waals surface area contributed by atoms with E-state index in [4.69, 9.17) is 14.5 Å². The molecule has 0 bridgehead atoms. The largest absolute Gasteiger partial charge is 0.483 e. The second kappa shape index (κ2) is 8.34. The van der Waals surface area contributed by atoms with Crippen molar-refractivity contribution in [2.24, 2.45) is 0 Å². The number of aliphatic hydroxyl groups excluding tert-OH is 1. The summed E-state index contributed by atoms with van der Waals surface area (Å²) in [5.41, 5.74) is 1.87. The van der Waals surface area contributed by atoms with Gasteiger partial charge in [-0.15, -0.1) is 0 Å². The van der Waals surface area contributed by atoms with Crippen molar-refractivity contribution < 1.29 is 14.6 Å². The molecule has 0 aliphatic rings. The van der Waals surface area contributed by atoms with Gasteiger partial charge >= 0.3 is 0 Å². The number of ether oxygens (including phenoxy) is 2. The molecule has 1 N–H and O–H groups in total. The molecule has 3 aromatic rings. The molecular weight excluding hydrogens is 328 g/mol. The van der Waals surface area contributed by atoms with Crippen LogP contribution in [0, 0.1) is 0 Å². The number of nitrogens with zero attached hydrogens (tertiary/aromatic N) is 2. The van der Waals surface area contributed by atoms with Gasteiger partial charge in [0.1, 0.15) is 5.75 Å². The van der Waals surface area contributed by atoms with Crippen LogP contribution >= 0.6 is 0 Å². The Hall–Kier alpha value is -2.37. The summed E-state index contributed by atoms with van der Waals surface area (Å²) in [4.78, 5) is 4.74. The van der Waals surface area contributed by atoms with Crippen LogP contribution in [0.4, 0.5) is 0 Å². The van der Waals surface area contributed by atoms with Crippen LogP contribution in [0.3, 0.4) is 0 Å². The number of imidazole rings is 1. The van der Waals surface area contributed by atoms with Crippen LogP contribution in [0.15, 0.2) is 54.6 Å². The first-order valence-corrected chi connectivity index (χ1v) is 9.01. The molecule has 3 rings (SSSR count). The molecule has 26 heavy (non-hydrogen) atoms. The Bertz CT molecular complexity index is 830. The highest BCUT2D eigenvalue weighted by Gasteiger charge is 2.20. The fourth-order valence-corrected chi connectivity index (χ4v) is 2.92. The lowest BCUT2D eigenvalue weighted by Gasteiger charge is -2.19. The van der Waals surface area contributed by atoms with Crippen molar-refractivity contribution in [2.75, 3.05) is 6.61 Å². The normalized spacial score (nSPS) is 13.9. The average Bonchev–Trinajstić information content (AvgIpc) is 2.99. The highest BCUT2D eigenvalue weighted by Crippen LogP contribution is 2.25. The maximum absolute atomic E-state index is 10.4. The number of rotatable bonds is 8. The second-order valence-electron chi connectivity index (χ2n) is 6.68. The molecule has 1 aromatic heterocycles. The van der Waals surface area contributed by atoms with Crippen LogP contribution in [-0.4, -0.2) is 33.5 Å². The van der Waals surface area contributed by atoms with E-state index in [2.05, 4.69) is 0 Å². The van der Waals surface area contributed by atoms with Gasteiger partial charge in [0.25, 0.3) is 0 Å². The zero-order chi connectivity index (χ0) is 18.5. The molecule has 0 saturated heterocycles. The first-order chi connectivity index (χ1) is 12.5. The third kappa shape index (κ3) is 4.42. The van der Waals surface area contributed by atoms with E-state index in [1.807, 2.05) is 79.9 Å². The van der Waals surface area contributed by atoms with E-state index in [1.165, 1.54) is 0 Å². The summed E-state index contributed by atoms with van der Waals surface area (Å²) in [6.45, 7) is 6.59. The summed E-state index contributed by atoms with van der Waals surface area (Å²) in [7, 11) is 0. The standard InChI is InChI=1S/C21H26N2O3/c1-15(2)25-14-17(24)13-23-20-12-8-7-11-19(20)22-21(23)16(3)26-18-9-5-4-6-10-18/h4-12,15-17,24H,13-14H2,1-3H3/t16-,17+/m1/s1. The van der Waals surface area contributed by atoms with Crippen LogP contribution in [0.25, 0.3) is 11.0 Å². The van der Waals surface area contributed by atoms with Crippen molar-refractivity contribution in [3.05, 3.63) is 60.4 Å². The van der Waals surface area contributed by atoms with Crippen molar-refractivity contribution in [1.82, 2.24) is 9.55 Å². The molecule has 2 atom stereocenters. The minimum absolute atomic E-state index is 0.0870. The summed E-state index contributed by atoms with van der Waals surface area (Å²) >= 11 is 0. The van der Waals surface area contributed by atoms with E-state index >= 15 is 0 Å². The molecule has 0 radical (unpaired) electrons. The highest BCUT2D eigenvalue weighted by atomic mass is 16.5. The van der Waals surface area contributed by atoms with Crippen molar-refractivity contribution in [3.63, 3.8) is 0 Å². The van der Waals surface area contributed by atoms with Crippen molar-refractivity contribution >= 4 is 11.0 Å². The molecule has 1 heterocycles. The van der Waals surface area contributed by atoms with E-state index in [0.29, 0.717) is 6.54 Å². The van der Waals surface area contributed by atoms with E-state index < -0.39 is 6.10 Å². The first-order valence-electron chi connectivity index (χ1n) is 9.01. The first kappa shape index (κ1) is 18.4. The Balaban J connectivity index is 1.86. The molecule has 0 aliphatic heterocycles. The topological polar surface area (TPSA) is 56.5 Å². The molecule has 5 heteroatoms. The molecular formula is C21H26N2O3. The number of hydrogen-bond donors (Lipinski definition) is 1. The van der Waals surface area contributed by atoms with Crippen molar-refractivity contribution in [3.8, 4) is 5.75 Å². The van der Waals surface area contributed by atoms with Gasteiger partial charge in [0.05, 0.1) is 36.4 Å². The molecule has 0 fully saturated rings. The Kier molecular flexibility index (Phi) is 5.91. The van der Waals surface area contributed by atoms with E-state index in [9.17, 15) is 5.11 Å². The van der Waals surface area contributed by atoms with Gasteiger partial charge in [0.15, 0.2) is 11.9 Å². The van der Waals surface area contributed by atoms with Gasteiger partial charge in [-0.3, -0.25) is 0 Å². The maximum Gasteiger partial charge on any atom is 0.153 e. The second-order valence-corrected chi connectivity index (χ2v) is 6.68. The van der Waals surface area contributed by atoms with Crippen LogP contribution in [-0.2, 0) is 11.3 Å². The van der Waals surface area contributed by atoms with Crippen molar-refractivity contribution in [1.29, 1.82) is 0 Å². The van der Waals surface area contributed by atoms with Crippen LogP contribution < -0.4 is 4.74 Å². The number of aromatic nitrogens is 2. The van der Waals surface area contributed by atoms with Gasteiger partial charge in [0, 0.05) is 0 Å². The predicted molar refractivity (Wildman–Crippen MR) is 102 cm³/mol. The SMILES string of the molecule is CC(C)OC[C@@H](O)Cn1c([C@@H](C)Oc2ccccc2)nc2ccccc21. The number of hydrogen-bond acceptors (Lipinski definition) is 4. The summed E-state index contributed by atoms with van der Waals surface area (Å²) in [6, 6.07) is 17.6. The fourth-order valence-electron chi connectivity index (χ4n) is 2.92. The summed E-state index contributed by atoms with van der Waals surface area (Å²) in [6.07, 6.45) is -0.773. The molecule has 0 aliphatic carbocycles. The Morgan fingerprint density at radius 1 is 1.00 bits per heavy atom. The van der Waals surface area contributed by atoms with Gasteiger partial charge in [-0.25, -0.2) is 4.98 Å². The molecule has 0 amide bonds. The molecule has 5 nitrogen and oxygen atoms in total. The van der Waals surface area contributed by atoms with Crippen LogP contribution in [0.5, 0.6) is 5.75 Å². The minimum Gasteiger partial charge on any atom is -0.483 e. The van der Waals surface area contributed by atoms with E-state index in [1.54, 1.807) is 0 Å². The Morgan fingerprint density at radius 2 is 1.69 bits per heavy atom. The smallest absolute Gasteiger partial charge is 0.153 e. The summed E-state index contributed by atoms with van der Waals surface area (Å²) in [5, 5.41) is 10.4. The Morgan fingerprint density at radius 3 is 2.42 bits per heavy atom. The maximum atomic E-state index is 10.4. The number of benzene rings is 2. The number of para-hydroxylation sites is 3. The lowest BCUT2D eigenvalue weighted by Crippen LogP contribution is -2.25. The summed E-state index contributed by atoms with van der Waals surface area (Å²) < 4.78 is 13.6. The number of aliphatic hydroxyl groups is 1. The third-order valence-corrected chi connectivity index (χ3v) is 4.12. The van der Waals surface area contributed by atoms with Gasteiger partial charge < -0.3 is 19.1 Å². The molecule has 0 spiro atoms. The zero-order valence-corrected chi connectivity index (χ0v) is 15.5. The van der Waals surface area contributed by atoms with E-state index in [-0.39, 0.29) is 18.8 Å². The average molecular weight is 354 g/mol. The fraction of sp³-hybridized carbons (Fsp3) is 0.381. The van der Waals surface area contributed by atoms with Gasteiger partial charge in [-0.1, -0.05) is 30.3 Å². The highest BCUT2D eigenvalue weighted by molar-refractivity contribution is 5.76. The van der Waals surface area contributed by atoms with Crippen LogP contribution in [0.2, 0.25) is 0 Å². The van der Waals surface area contributed by atoms with Gasteiger partial charge in [-0.05, 0) is 45.0 Å². The zero-order valence-electron chi connectivity index (χ0n) is 15.5. The summed E-state index contributed by atoms with van der Waals surface area (Å²) in [5.74, 6) is 1.58. The molecule has 0 saturated carbocycles. The quantitative estimate of drug-likeness (QED) is 0.665. The molecule has 2 aromatic carbocycles. The Labute approximate surface area is 154 Å². The monoisotopic (exact) mass is 354 g/mol. The van der Waals surface area contributed by atoms with Gasteiger partial charge in [0.2, 0.25) is 0 Å². The number of fused-ring (bicyclic) bond motifs is 1. The lowest BCUT2D eigenvalue weighted by atomic mass is 10.3. The minimum atomic E-state index is -0.613. The van der Waals surface area contributed by atoms with Crippen LogP contribution in [0.1, 0.15) is 32.7 Å². The predicted octanol–water partition coefficient (Wildman–Crippen LogP) is 3.96. The van der Waals surface area contributed by atoms with Crippen molar-refractivity contribution in [2.45, 2.75) is 45.6 Å². The molecule has 0 unspecified atom stereocenters. The molecule has 138 valence electrons.